The molecule has 0 aromatic heterocycles. The van der Waals surface area contributed by atoms with E-state index in [4.69, 9.17) is 27.9 Å². The molecule has 1 aliphatic heterocycles. The molecule has 6 nitrogen and oxygen atoms in total. The average Bonchev–Trinajstić information content (AvgIpc) is 3.15. The van der Waals surface area contributed by atoms with E-state index in [1.54, 1.807) is 24.3 Å². The Hall–Kier alpha value is -1.80. The van der Waals surface area contributed by atoms with Gasteiger partial charge in [0.2, 0.25) is 15.9 Å². The number of hydrogen-bond donors (Lipinski definition) is 1. The molecule has 1 atom stereocenters. The van der Waals surface area contributed by atoms with Gasteiger partial charge in [-0.1, -0.05) is 23.2 Å². The lowest BCUT2D eigenvalue weighted by Gasteiger charge is -2.23. The molecule has 0 unspecified atom stereocenters. The van der Waals surface area contributed by atoms with Crippen LogP contribution in [0.2, 0.25) is 10.0 Å². The third-order valence-electron chi connectivity index (χ3n) is 4.36. The van der Waals surface area contributed by atoms with Crippen molar-refractivity contribution >= 4 is 44.8 Å². The highest BCUT2D eigenvalue weighted by Gasteiger charge is 2.39. The first-order valence-electron chi connectivity index (χ1n) is 8.25. The number of sulfonamides is 1. The first-order chi connectivity index (χ1) is 12.8. The van der Waals surface area contributed by atoms with Gasteiger partial charge in [0.15, 0.2) is 0 Å². The summed E-state index contributed by atoms with van der Waals surface area (Å²) < 4.78 is 32.2. The molecule has 1 amide bonds. The number of nitrogens with one attached hydrogen (secondary N) is 1. The lowest BCUT2D eigenvalue weighted by atomic mass is 10.2. The zero-order chi connectivity index (χ0) is 19.6. The first kappa shape index (κ1) is 19.9. The van der Waals surface area contributed by atoms with Crippen LogP contribution in [0.5, 0.6) is 5.75 Å². The monoisotopic (exact) mass is 428 g/mol. The van der Waals surface area contributed by atoms with Gasteiger partial charge in [0.1, 0.15) is 11.8 Å². The largest absolute Gasteiger partial charge is 0.497 e. The summed E-state index contributed by atoms with van der Waals surface area (Å²) in [6, 6.07) is 9.98. The molecule has 2 aromatic carbocycles. The summed E-state index contributed by atoms with van der Waals surface area (Å²) in [5.74, 6) is 0.135. The second-order valence-electron chi connectivity index (χ2n) is 6.06. The number of hydrogen-bond acceptors (Lipinski definition) is 4. The van der Waals surface area contributed by atoms with Gasteiger partial charge in [-0.05, 0) is 55.3 Å². The minimum absolute atomic E-state index is 0.118. The van der Waals surface area contributed by atoms with Gasteiger partial charge < -0.3 is 10.1 Å². The van der Waals surface area contributed by atoms with Crippen LogP contribution in [0.15, 0.2) is 47.4 Å². The van der Waals surface area contributed by atoms with Crippen molar-refractivity contribution in [3.05, 3.63) is 52.5 Å². The predicted molar refractivity (Wildman–Crippen MR) is 105 cm³/mol. The maximum atomic E-state index is 13.0. The predicted octanol–water partition coefficient (Wildman–Crippen LogP) is 3.79. The van der Waals surface area contributed by atoms with Crippen molar-refractivity contribution in [2.75, 3.05) is 19.0 Å². The molecule has 1 saturated heterocycles. The van der Waals surface area contributed by atoms with Crippen LogP contribution in [0.3, 0.4) is 0 Å². The molecule has 0 spiro atoms. The Morgan fingerprint density at radius 3 is 2.52 bits per heavy atom. The van der Waals surface area contributed by atoms with Crippen molar-refractivity contribution in [3.8, 4) is 5.75 Å². The summed E-state index contributed by atoms with van der Waals surface area (Å²) in [6.07, 6.45) is 1.04. The third-order valence-corrected chi connectivity index (χ3v) is 6.83. The van der Waals surface area contributed by atoms with E-state index in [1.165, 1.54) is 29.6 Å². The molecule has 1 fully saturated rings. The number of anilines is 1. The van der Waals surface area contributed by atoms with Crippen LogP contribution < -0.4 is 10.1 Å². The lowest BCUT2D eigenvalue weighted by molar-refractivity contribution is -0.119. The Morgan fingerprint density at radius 1 is 1.19 bits per heavy atom. The first-order valence-corrected chi connectivity index (χ1v) is 10.4. The van der Waals surface area contributed by atoms with Crippen LogP contribution >= 0.6 is 23.2 Å². The molecule has 9 heteroatoms. The maximum Gasteiger partial charge on any atom is 0.243 e. The molecule has 1 N–H and O–H groups in total. The highest BCUT2D eigenvalue weighted by atomic mass is 35.5. The molecule has 1 heterocycles. The maximum absolute atomic E-state index is 13.0. The average molecular weight is 429 g/mol. The number of nitrogens with zero attached hydrogens (tertiary/aromatic N) is 1. The van der Waals surface area contributed by atoms with E-state index in [-0.39, 0.29) is 11.4 Å². The van der Waals surface area contributed by atoms with Crippen molar-refractivity contribution in [1.29, 1.82) is 0 Å². The number of ether oxygens (including phenoxy) is 1. The molecule has 0 radical (unpaired) electrons. The van der Waals surface area contributed by atoms with Gasteiger partial charge in [0.25, 0.3) is 0 Å². The van der Waals surface area contributed by atoms with Gasteiger partial charge in [-0.15, -0.1) is 0 Å². The van der Waals surface area contributed by atoms with Crippen LogP contribution in [-0.2, 0) is 14.8 Å². The van der Waals surface area contributed by atoms with Crippen LogP contribution in [0.1, 0.15) is 12.8 Å². The Labute approximate surface area is 168 Å². The second kappa shape index (κ2) is 8.06. The Morgan fingerprint density at radius 2 is 1.89 bits per heavy atom. The molecule has 144 valence electrons. The van der Waals surface area contributed by atoms with Crippen LogP contribution in [0, 0.1) is 0 Å². The Balaban J connectivity index is 1.82. The van der Waals surface area contributed by atoms with E-state index in [1.807, 2.05) is 0 Å². The van der Waals surface area contributed by atoms with Crippen molar-refractivity contribution in [2.45, 2.75) is 23.8 Å². The summed E-state index contributed by atoms with van der Waals surface area (Å²) >= 11 is 11.9. The Bertz CT molecular complexity index is 948. The van der Waals surface area contributed by atoms with E-state index in [2.05, 4.69) is 5.32 Å². The summed E-state index contributed by atoms with van der Waals surface area (Å²) in [5, 5.41) is 3.43. The molecule has 0 aliphatic carbocycles. The standard InChI is InChI=1S/C18H18Cl2N2O4S/c1-26-13-5-7-14(8-6-13)27(24,25)22-10-2-3-17(22)18(23)21-16-9-4-12(19)11-15(16)20/h4-9,11,17H,2-3,10H2,1H3,(H,21,23)/t17-/m0/s1. The number of benzene rings is 2. The third kappa shape index (κ3) is 4.21. The number of rotatable bonds is 5. The molecular weight excluding hydrogens is 411 g/mol. The van der Waals surface area contributed by atoms with Crippen LogP contribution in [0.4, 0.5) is 5.69 Å². The summed E-state index contributed by atoms with van der Waals surface area (Å²) in [5.41, 5.74) is 0.389. The number of methoxy groups -OCH3 is 1. The molecule has 27 heavy (non-hydrogen) atoms. The highest BCUT2D eigenvalue weighted by Crippen LogP contribution is 2.30. The topological polar surface area (TPSA) is 75.7 Å². The molecule has 1 aliphatic rings. The highest BCUT2D eigenvalue weighted by molar-refractivity contribution is 7.89. The van der Waals surface area contributed by atoms with Crippen molar-refractivity contribution < 1.29 is 17.9 Å². The van der Waals surface area contributed by atoms with E-state index < -0.39 is 22.0 Å². The van der Waals surface area contributed by atoms with Crippen molar-refractivity contribution in [3.63, 3.8) is 0 Å². The molecule has 0 saturated carbocycles. The fraction of sp³-hybridized carbons (Fsp3) is 0.278. The second-order valence-corrected chi connectivity index (χ2v) is 8.80. The van der Waals surface area contributed by atoms with Crippen LogP contribution in [-0.4, -0.2) is 38.3 Å². The van der Waals surface area contributed by atoms with Gasteiger partial charge in [-0.2, -0.15) is 4.31 Å². The number of carbonyl (C=O) groups excluding carboxylic acids is 1. The number of amides is 1. The molecule has 0 bridgehead atoms. The lowest BCUT2D eigenvalue weighted by Crippen LogP contribution is -2.43. The van der Waals surface area contributed by atoms with Crippen molar-refractivity contribution in [1.82, 2.24) is 4.31 Å². The van der Waals surface area contributed by atoms with E-state index in [9.17, 15) is 13.2 Å². The normalized spacial score (nSPS) is 17.7. The molecule has 2 aromatic rings. The van der Waals surface area contributed by atoms with E-state index in [0.717, 1.165) is 0 Å². The van der Waals surface area contributed by atoms with Gasteiger partial charge in [-0.3, -0.25) is 4.79 Å². The summed E-state index contributed by atoms with van der Waals surface area (Å²) in [6.45, 7) is 0.279. The Kier molecular flexibility index (Phi) is 5.95. The van der Waals surface area contributed by atoms with Crippen LogP contribution in [0.25, 0.3) is 0 Å². The molecular formula is C18H18Cl2N2O4S. The van der Waals surface area contributed by atoms with Gasteiger partial charge in [0.05, 0.1) is 22.7 Å². The zero-order valence-electron chi connectivity index (χ0n) is 14.5. The molecule has 3 rings (SSSR count). The fourth-order valence-corrected chi connectivity index (χ4v) is 5.09. The van der Waals surface area contributed by atoms with Gasteiger partial charge in [0, 0.05) is 11.6 Å². The minimum atomic E-state index is -3.80. The van der Waals surface area contributed by atoms with E-state index in [0.29, 0.717) is 34.3 Å². The number of carbonyl (C=O) groups is 1. The minimum Gasteiger partial charge on any atom is -0.497 e. The van der Waals surface area contributed by atoms with Gasteiger partial charge in [-0.25, -0.2) is 8.42 Å². The SMILES string of the molecule is COc1ccc(S(=O)(=O)N2CCC[C@H]2C(=O)Nc2ccc(Cl)cc2Cl)cc1. The summed E-state index contributed by atoms with van der Waals surface area (Å²) in [4.78, 5) is 12.8. The quantitative estimate of drug-likeness (QED) is 0.785. The van der Waals surface area contributed by atoms with Crippen molar-refractivity contribution in [2.24, 2.45) is 0 Å². The fourth-order valence-electron chi connectivity index (χ4n) is 2.98. The van der Waals surface area contributed by atoms with Gasteiger partial charge >= 0.3 is 0 Å². The number of halogens is 2. The summed E-state index contributed by atoms with van der Waals surface area (Å²) in [7, 11) is -2.30. The smallest absolute Gasteiger partial charge is 0.243 e. The zero-order valence-corrected chi connectivity index (χ0v) is 16.8. The van der Waals surface area contributed by atoms with E-state index >= 15 is 0 Å².